The van der Waals surface area contributed by atoms with Gasteiger partial charge in [0.05, 0.1) is 16.9 Å². The summed E-state index contributed by atoms with van der Waals surface area (Å²) in [5, 5.41) is 22.1. The molecule has 0 unspecified atom stereocenters. The molecule has 8 nitrogen and oxygen atoms in total. The van der Waals surface area contributed by atoms with Crippen LogP contribution in [0, 0.1) is 27.4 Å². The Morgan fingerprint density at radius 3 is 2.50 bits per heavy atom. The number of carbonyl (C=O) groups is 2. The molecule has 0 spiro atoms. The fourth-order valence-electron chi connectivity index (χ4n) is 2.29. The van der Waals surface area contributed by atoms with Crippen molar-refractivity contribution >= 4 is 17.6 Å². The molecule has 1 saturated heterocycles. The first-order chi connectivity index (χ1) is 10.3. The summed E-state index contributed by atoms with van der Waals surface area (Å²) in [5.74, 6) is -0.956. The van der Waals surface area contributed by atoms with Crippen LogP contribution in [0.3, 0.4) is 0 Å². The van der Waals surface area contributed by atoms with Gasteiger partial charge >= 0.3 is 6.03 Å². The van der Waals surface area contributed by atoms with Crippen LogP contribution in [0.1, 0.15) is 19.4 Å². The third kappa shape index (κ3) is 2.48. The van der Waals surface area contributed by atoms with Crippen LogP contribution in [0.4, 0.5) is 10.5 Å². The predicted molar refractivity (Wildman–Crippen MR) is 75.5 cm³/mol. The minimum Gasteiger partial charge on any atom is -0.319 e. The van der Waals surface area contributed by atoms with Gasteiger partial charge in [0.25, 0.3) is 11.6 Å². The number of nitrogens with one attached hydrogen (secondary N) is 1. The number of hydrogen-bond acceptors (Lipinski definition) is 5. The highest BCUT2D eigenvalue weighted by Gasteiger charge is 2.49. The van der Waals surface area contributed by atoms with Crippen LogP contribution < -0.4 is 5.32 Å². The molecule has 0 saturated carbocycles. The molecule has 114 valence electrons. The van der Waals surface area contributed by atoms with E-state index in [1.54, 1.807) is 6.92 Å². The van der Waals surface area contributed by atoms with E-state index < -0.39 is 28.3 Å². The smallest absolute Gasteiger partial charge is 0.319 e. The summed E-state index contributed by atoms with van der Waals surface area (Å²) in [6.07, 6.45) is 0. The molecule has 1 aromatic carbocycles. The number of imide groups is 1. The number of hydrogen-bond donors (Lipinski definition) is 1. The largest absolute Gasteiger partial charge is 0.325 e. The van der Waals surface area contributed by atoms with Gasteiger partial charge in [-0.2, -0.15) is 5.26 Å². The van der Waals surface area contributed by atoms with Crippen LogP contribution in [0.25, 0.3) is 0 Å². The maximum absolute atomic E-state index is 12.5. The molecule has 0 radical (unpaired) electrons. The van der Waals surface area contributed by atoms with Crippen LogP contribution in [-0.4, -0.2) is 28.3 Å². The van der Waals surface area contributed by atoms with Gasteiger partial charge in [0.2, 0.25) is 0 Å². The van der Waals surface area contributed by atoms with E-state index in [1.165, 1.54) is 31.2 Å². The van der Waals surface area contributed by atoms with E-state index in [1.807, 2.05) is 6.07 Å². The van der Waals surface area contributed by atoms with E-state index in [4.69, 9.17) is 5.26 Å². The molecule has 1 heterocycles. The summed E-state index contributed by atoms with van der Waals surface area (Å²) in [6, 6.07) is 6.83. The number of amides is 3. The first kappa shape index (κ1) is 15.4. The lowest BCUT2D eigenvalue weighted by Crippen LogP contribution is -2.41. The third-order valence-corrected chi connectivity index (χ3v) is 3.61. The van der Waals surface area contributed by atoms with Crippen molar-refractivity contribution in [2.24, 2.45) is 5.92 Å². The zero-order valence-corrected chi connectivity index (χ0v) is 12.1. The van der Waals surface area contributed by atoms with Gasteiger partial charge in [0, 0.05) is 18.7 Å². The highest BCUT2D eigenvalue weighted by atomic mass is 16.6. The van der Waals surface area contributed by atoms with E-state index in [2.05, 4.69) is 5.32 Å². The van der Waals surface area contributed by atoms with Gasteiger partial charge < -0.3 is 5.32 Å². The van der Waals surface area contributed by atoms with Gasteiger partial charge in [-0.3, -0.25) is 19.8 Å². The number of benzene rings is 1. The summed E-state index contributed by atoms with van der Waals surface area (Å²) < 4.78 is 0. The van der Waals surface area contributed by atoms with Crippen molar-refractivity contribution in [2.45, 2.75) is 19.4 Å². The number of rotatable bonds is 4. The number of nitriles is 1. The van der Waals surface area contributed by atoms with Crippen LogP contribution in [0.15, 0.2) is 24.3 Å². The molecule has 8 heteroatoms. The monoisotopic (exact) mass is 302 g/mol. The molecule has 0 bridgehead atoms. The highest BCUT2D eigenvalue weighted by Crippen LogP contribution is 2.30. The lowest BCUT2D eigenvalue weighted by atomic mass is 9.92. The summed E-state index contributed by atoms with van der Waals surface area (Å²) in [5.41, 5.74) is -0.941. The minimum absolute atomic E-state index is 0.00371. The molecule has 0 aliphatic carbocycles. The Balaban J connectivity index is 2.31. The highest BCUT2D eigenvalue weighted by molar-refractivity contribution is 6.07. The Hall–Kier alpha value is -2.95. The summed E-state index contributed by atoms with van der Waals surface area (Å²) >= 11 is 0. The van der Waals surface area contributed by atoms with Crippen molar-refractivity contribution in [3.05, 3.63) is 39.9 Å². The first-order valence-electron chi connectivity index (χ1n) is 6.58. The van der Waals surface area contributed by atoms with E-state index in [0.29, 0.717) is 5.56 Å². The van der Waals surface area contributed by atoms with Crippen molar-refractivity contribution < 1.29 is 14.5 Å². The second-order valence-corrected chi connectivity index (χ2v) is 5.31. The zero-order chi connectivity index (χ0) is 16.5. The molecule has 1 fully saturated rings. The number of nitro benzene ring substituents is 1. The fraction of sp³-hybridized carbons (Fsp3) is 0.357. The Kier molecular flexibility index (Phi) is 3.82. The normalized spacial score (nSPS) is 22.1. The summed E-state index contributed by atoms with van der Waals surface area (Å²) in [7, 11) is 0. The Labute approximate surface area is 126 Å². The quantitative estimate of drug-likeness (QED) is 0.514. The molecular weight excluding hydrogens is 288 g/mol. The second-order valence-electron chi connectivity index (χ2n) is 5.31. The third-order valence-electron chi connectivity index (χ3n) is 3.61. The molecular formula is C14H14N4O4. The number of non-ortho nitro benzene ring substituents is 1. The first-order valence-corrected chi connectivity index (χ1v) is 6.58. The second kappa shape index (κ2) is 5.44. The molecule has 1 aromatic rings. The van der Waals surface area contributed by atoms with Gasteiger partial charge in [-0.05, 0) is 31.5 Å². The minimum atomic E-state index is -1.29. The van der Waals surface area contributed by atoms with E-state index >= 15 is 0 Å². The lowest BCUT2D eigenvalue weighted by molar-refractivity contribution is -0.384. The van der Waals surface area contributed by atoms with Gasteiger partial charge in [-0.15, -0.1) is 0 Å². The van der Waals surface area contributed by atoms with E-state index in [9.17, 15) is 19.7 Å². The van der Waals surface area contributed by atoms with Crippen molar-refractivity contribution in [2.75, 3.05) is 6.54 Å². The molecule has 1 aliphatic rings. The number of urea groups is 1. The Bertz CT molecular complexity index is 679. The lowest BCUT2D eigenvalue weighted by Gasteiger charge is -2.22. The summed E-state index contributed by atoms with van der Waals surface area (Å²) in [6.45, 7) is 3.15. The zero-order valence-electron chi connectivity index (χ0n) is 12.1. The maximum atomic E-state index is 12.5. The fourth-order valence-corrected chi connectivity index (χ4v) is 2.29. The Morgan fingerprint density at radius 2 is 2.00 bits per heavy atom. The molecule has 1 aliphatic heterocycles. The topological polar surface area (TPSA) is 116 Å². The van der Waals surface area contributed by atoms with Crippen molar-refractivity contribution in [1.82, 2.24) is 10.2 Å². The van der Waals surface area contributed by atoms with Gasteiger partial charge in [-0.1, -0.05) is 0 Å². The molecule has 1 N–H and O–H groups in total. The molecule has 22 heavy (non-hydrogen) atoms. The molecule has 3 amide bonds. The SMILES string of the molecule is C[C@@H](C#N)CN1C(=O)N[C@@](C)(c2ccc([N+](=O)[O-])cc2)C1=O. The average molecular weight is 302 g/mol. The van der Waals surface area contributed by atoms with Crippen LogP contribution in [0.2, 0.25) is 0 Å². The van der Waals surface area contributed by atoms with Crippen LogP contribution in [-0.2, 0) is 10.3 Å². The molecule has 2 rings (SSSR count). The van der Waals surface area contributed by atoms with Crippen molar-refractivity contribution in [3.63, 3.8) is 0 Å². The van der Waals surface area contributed by atoms with Crippen LogP contribution >= 0.6 is 0 Å². The average Bonchev–Trinajstić information content (AvgIpc) is 2.71. The van der Waals surface area contributed by atoms with E-state index in [-0.39, 0.29) is 12.2 Å². The van der Waals surface area contributed by atoms with E-state index in [0.717, 1.165) is 4.90 Å². The van der Waals surface area contributed by atoms with Gasteiger partial charge in [-0.25, -0.2) is 4.79 Å². The van der Waals surface area contributed by atoms with Gasteiger partial charge in [0.15, 0.2) is 0 Å². The molecule has 2 atom stereocenters. The van der Waals surface area contributed by atoms with Crippen LogP contribution in [0.5, 0.6) is 0 Å². The molecule has 0 aromatic heterocycles. The predicted octanol–water partition coefficient (Wildman–Crippen LogP) is 1.52. The number of nitro groups is 1. The maximum Gasteiger partial charge on any atom is 0.325 e. The number of nitrogens with zero attached hydrogens (tertiary/aromatic N) is 3. The van der Waals surface area contributed by atoms with Crippen molar-refractivity contribution in [1.29, 1.82) is 5.26 Å². The summed E-state index contributed by atoms with van der Waals surface area (Å²) in [4.78, 5) is 35.6. The standard InChI is InChI=1S/C14H14N4O4/c1-9(7-15)8-17-12(19)14(2,16-13(17)20)10-3-5-11(6-4-10)18(21)22/h3-6,9H,8H2,1-2H3,(H,16,20)/t9-,14-/m0/s1. The van der Waals surface area contributed by atoms with Gasteiger partial charge in [0.1, 0.15) is 5.54 Å². The van der Waals surface area contributed by atoms with Crippen molar-refractivity contribution in [3.8, 4) is 6.07 Å². The number of carbonyl (C=O) groups excluding carboxylic acids is 2. The Morgan fingerprint density at radius 1 is 1.41 bits per heavy atom.